The van der Waals surface area contributed by atoms with E-state index in [9.17, 15) is 14.4 Å². The summed E-state index contributed by atoms with van der Waals surface area (Å²) in [5.41, 5.74) is -1.14. The molecule has 20 heavy (non-hydrogen) atoms. The summed E-state index contributed by atoms with van der Waals surface area (Å²) in [6, 6.07) is 2.87. The van der Waals surface area contributed by atoms with Gasteiger partial charge in [0.1, 0.15) is 11.3 Å². The number of hydrogen-bond donors (Lipinski definition) is 4. The summed E-state index contributed by atoms with van der Waals surface area (Å²) >= 11 is 0. The van der Waals surface area contributed by atoms with Crippen molar-refractivity contribution in [2.75, 3.05) is 6.54 Å². The second kappa shape index (κ2) is 5.64. The van der Waals surface area contributed by atoms with Gasteiger partial charge in [0.15, 0.2) is 0 Å². The fourth-order valence-electron chi connectivity index (χ4n) is 1.63. The minimum atomic E-state index is -1.14. The molecule has 0 unspecified atom stereocenters. The van der Waals surface area contributed by atoms with E-state index in [0.29, 0.717) is 18.6 Å². The molecule has 1 aliphatic carbocycles. The van der Waals surface area contributed by atoms with Crippen molar-refractivity contribution in [1.82, 2.24) is 16.0 Å². The Bertz CT molecular complexity index is 507. The number of carbonyl (C=O) groups excluding carboxylic acids is 2. The Morgan fingerprint density at radius 3 is 2.60 bits per heavy atom. The van der Waals surface area contributed by atoms with Crippen LogP contribution in [0, 0.1) is 0 Å². The van der Waals surface area contributed by atoms with Crippen LogP contribution in [-0.2, 0) is 16.1 Å². The number of furan rings is 1. The van der Waals surface area contributed by atoms with Crippen molar-refractivity contribution >= 4 is 17.9 Å². The molecule has 0 radical (unpaired) electrons. The predicted molar refractivity (Wildman–Crippen MR) is 66.7 cm³/mol. The Morgan fingerprint density at radius 2 is 2.05 bits per heavy atom. The molecule has 0 bridgehead atoms. The molecule has 0 atom stereocenters. The lowest BCUT2D eigenvalue weighted by Gasteiger charge is -2.12. The third kappa shape index (κ3) is 3.50. The number of hydrogen-bond acceptors (Lipinski definition) is 4. The molecular weight excluding hydrogens is 266 g/mol. The summed E-state index contributed by atoms with van der Waals surface area (Å²) < 4.78 is 5.02. The largest absolute Gasteiger partial charge is 0.480 e. The molecule has 1 fully saturated rings. The van der Waals surface area contributed by atoms with Crippen molar-refractivity contribution < 1.29 is 23.9 Å². The standard InChI is InChI=1S/C12H15N3O5/c16-9(15-12(3-4-12)10(17)18)7-14-11(19)13-6-8-2-1-5-20-8/h1-2,5H,3-4,6-7H2,(H,15,16)(H,17,18)(H2,13,14,19). The molecule has 1 aliphatic rings. The summed E-state index contributed by atoms with van der Waals surface area (Å²) in [6.07, 6.45) is 2.32. The van der Waals surface area contributed by atoms with Crippen molar-refractivity contribution in [2.24, 2.45) is 0 Å². The highest BCUT2D eigenvalue weighted by Crippen LogP contribution is 2.35. The molecule has 0 aromatic carbocycles. The van der Waals surface area contributed by atoms with Gasteiger partial charge in [-0.15, -0.1) is 0 Å². The van der Waals surface area contributed by atoms with Crippen molar-refractivity contribution in [1.29, 1.82) is 0 Å². The predicted octanol–water partition coefficient (Wildman–Crippen LogP) is -0.188. The summed E-state index contributed by atoms with van der Waals surface area (Å²) in [5.74, 6) is -0.987. The quantitative estimate of drug-likeness (QED) is 0.576. The minimum Gasteiger partial charge on any atom is -0.480 e. The van der Waals surface area contributed by atoms with Crippen LogP contribution in [0.5, 0.6) is 0 Å². The van der Waals surface area contributed by atoms with Crippen LogP contribution in [0.2, 0.25) is 0 Å². The molecule has 8 nitrogen and oxygen atoms in total. The highest BCUT2D eigenvalue weighted by molar-refractivity contribution is 5.91. The van der Waals surface area contributed by atoms with E-state index in [4.69, 9.17) is 9.52 Å². The van der Waals surface area contributed by atoms with Gasteiger partial charge in [0.05, 0.1) is 19.4 Å². The maximum atomic E-state index is 11.5. The second-order valence-corrected chi connectivity index (χ2v) is 4.55. The van der Waals surface area contributed by atoms with E-state index in [1.165, 1.54) is 6.26 Å². The molecule has 1 saturated carbocycles. The van der Waals surface area contributed by atoms with Crippen molar-refractivity contribution in [2.45, 2.75) is 24.9 Å². The Morgan fingerprint density at radius 1 is 1.30 bits per heavy atom. The van der Waals surface area contributed by atoms with Crippen LogP contribution in [-0.4, -0.2) is 35.1 Å². The summed E-state index contributed by atoms with van der Waals surface area (Å²) in [7, 11) is 0. The van der Waals surface area contributed by atoms with Gasteiger partial charge in [-0.1, -0.05) is 0 Å². The molecule has 2 rings (SSSR count). The Hall–Kier alpha value is -2.51. The third-order valence-corrected chi connectivity index (χ3v) is 2.95. The Kier molecular flexibility index (Phi) is 3.92. The molecule has 1 aromatic heterocycles. The number of carbonyl (C=O) groups is 3. The highest BCUT2D eigenvalue weighted by Gasteiger charge is 2.51. The smallest absolute Gasteiger partial charge is 0.329 e. The van der Waals surface area contributed by atoms with Crippen LogP contribution in [0.1, 0.15) is 18.6 Å². The topological polar surface area (TPSA) is 121 Å². The van der Waals surface area contributed by atoms with Crippen molar-refractivity contribution in [3.63, 3.8) is 0 Å². The van der Waals surface area contributed by atoms with Crippen LogP contribution in [0.3, 0.4) is 0 Å². The number of amides is 3. The highest BCUT2D eigenvalue weighted by atomic mass is 16.4. The fourth-order valence-corrected chi connectivity index (χ4v) is 1.63. The first-order valence-electron chi connectivity index (χ1n) is 6.10. The molecule has 0 spiro atoms. The van der Waals surface area contributed by atoms with Gasteiger partial charge < -0.3 is 25.5 Å². The molecule has 0 aliphatic heterocycles. The summed E-state index contributed by atoms with van der Waals surface area (Å²) in [5, 5.41) is 16.1. The number of nitrogens with one attached hydrogen (secondary N) is 3. The van der Waals surface area contributed by atoms with Crippen LogP contribution in [0.15, 0.2) is 22.8 Å². The van der Waals surface area contributed by atoms with E-state index in [-0.39, 0.29) is 13.1 Å². The Labute approximate surface area is 114 Å². The van der Waals surface area contributed by atoms with Gasteiger partial charge in [-0.2, -0.15) is 0 Å². The SMILES string of the molecule is O=C(CNC(=O)NCc1ccco1)NC1(C(=O)O)CC1. The number of aliphatic carboxylic acids is 1. The van der Waals surface area contributed by atoms with E-state index in [1.54, 1.807) is 12.1 Å². The molecule has 8 heteroatoms. The van der Waals surface area contributed by atoms with Crippen LogP contribution in [0.25, 0.3) is 0 Å². The van der Waals surface area contributed by atoms with Gasteiger partial charge in [0.2, 0.25) is 5.91 Å². The first-order valence-corrected chi connectivity index (χ1v) is 6.10. The van der Waals surface area contributed by atoms with Gasteiger partial charge in [-0.3, -0.25) is 4.79 Å². The van der Waals surface area contributed by atoms with Crippen molar-refractivity contribution in [3.05, 3.63) is 24.2 Å². The minimum absolute atomic E-state index is 0.208. The monoisotopic (exact) mass is 281 g/mol. The lowest BCUT2D eigenvalue weighted by atomic mass is 10.3. The van der Waals surface area contributed by atoms with Gasteiger partial charge in [-0.25, -0.2) is 9.59 Å². The molecule has 4 N–H and O–H groups in total. The Balaban J connectivity index is 1.65. The van der Waals surface area contributed by atoms with Gasteiger partial charge in [0, 0.05) is 0 Å². The van der Waals surface area contributed by atoms with Gasteiger partial charge in [-0.05, 0) is 25.0 Å². The second-order valence-electron chi connectivity index (χ2n) is 4.55. The number of urea groups is 1. The van der Waals surface area contributed by atoms with Crippen LogP contribution >= 0.6 is 0 Å². The van der Waals surface area contributed by atoms with E-state index in [2.05, 4.69) is 16.0 Å². The van der Waals surface area contributed by atoms with E-state index < -0.39 is 23.4 Å². The van der Waals surface area contributed by atoms with Crippen molar-refractivity contribution in [3.8, 4) is 0 Å². The molecular formula is C12H15N3O5. The zero-order chi connectivity index (χ0) is 14.6. The van der Waals surface area contributed by atoms with E-state index in [1.807, 2.05) is 0 Å². The number of carboxylic acid groups (broad SMARTS) is 1. The lowest BCUT2D eigenvalue weighted by molar-refractivity contribution is -0.143. The molecule has 108 valence electrons. The molecule has 1 heterocycles. The van der Waals surface area contributed by atoms with E-state index >= 15 is 0 Å². The number of carboxylic acids is 1. The van der Waals surface area contributed by atoms with Crippen LogP contribution in [0.4, 0.5) is 4.79 Å². The lowest BCUT2D eigenvalue weighted by Crippen LogP contribution is -2.48. The zero-order valence-electron chi connectivity index (χ0n) is 10.6. The third-order valence-electron chi connectivity index (χ3n) is 2.95. The van der Waals surface area contributed by atoms with Crippen LogP contribution < -0.4 is 16.0 Å². The average molecular weight is 281 g/mol. The molecule has 1 aromatic rings. The summed E-state index contributed by atoms with van der Waals surface area (Å²) in [4.78, 5) is 33.8. The van der Waals surface area contributed by atoms with Gasteiger partial charge >= 0.3 is 12.0 Å². The fraction of sp³-hybridized carbons (Fsp3) is 0.417. The summed E-state index contributed by atoms with van der Waals surface area (Å²) in [6.45, 7) is -0.0709. The maximum absolute atomic E-state index is 11.5. The molecule has 0 saturated heterocycles. The van der Waals surface area contributed by atoms with E-state index in [0.717, 1.165) is 0 Å². The first kappa shape index (κ1) is 13.9. The normalized spacial score (nSPS) is 15.2. The van der Waals surface area contributed by atoms with Gasteiger partial charge in [0.25, 0.3) is 0 Å². The average Bonchev–Trinajstić information content (AvgIpc) is 3.00. The molecule has 3 amide bonds. The zero-order valence-corrected chi connectivity index (χ0v) is 10.6. The first-order chi connectivity index (χ1) is 9.52. The maximum Gasteiger partial charge on any atom is 0.329 e. The number of rotatable bonds is 6.